The molecule has 2 aliphatic heterocycles. The average molecular weight is 220 g/mol. The van der Waals surface area contributed by atoms with Crippen LogP contribution in [0.4, 0.5) is 0 Å². The molecule has 0 saturated carbocycles. The summed E-state index contributed by atoms with van der Waals surface area (Å²) in [6.07, 6.45) is 2.79. The molecule has 1 fully saturated rings. The van der Waals surface area contributed by atoms with Crippen LogP contribution in [0.5, 0.6) is 11.5 Å². The molecule has 1 saturated heterocycles. The first kappa shape index (κ1) is 9.97. The van der Waals surface area contributed by atoms with Crippen molar-refractivity contribution in [3.63, 3.8) is 0 Å². The van der Waals surface area contributed by atoms with Crippen LogP contribution in [0.25, 0.3) is 0 Å². The number of hydrogen-bond donors (Lipinski definition) is 0. The number of fused-ring (bicyclic) bond motifs is 1. The minimum absolute atomic E-state index is 0.263. The van der Waals surface area contributed by atoms with Crippen LogP contribution in [0.3, 0.4) is 0 Å². The Morgan fingerprint density at radius 2 is 2.31 bits per heavy atom. The maximum absolute atomic E-state index is 5.75. The molecular formula is C13H16O3. The van der Waals surface area contributed by atoms with Gasteiger partial charge in [-0.1, -0.05) is 12.1 Å². The number of hydrogen-bond acceptors (Lipinski definition) is 3. The molecule has 0 radical (unpaired) electrons. The molecular weight excluding hydrogens is 204 g/mol. The SMILES string of the molecule is CC1OC1COc1cccc2c1OCCC2. The predicted octanol–water partition coefficient (Wildman–Crippen LogP) is 2.18. The lowest BCUT2D eigenvalue weighted by atomic mass is 10.1. The Bertz CT molecular complexity index is 389. The van der Waals surface area contributed by atoms with Gasteiger partial charge in [-0.25, -0.2) is 0 Å². The average Bonchev–Trinajstić information content (AvgIpc) is 3.03. The number of benzene rings is 1. The molecule has 1 aromatic carbocycles. The summed E-state index contributed by atoms with van der Waals surface area (Å²) < 4.78 is 16.7. The summed E-state index contributed by atoms with van der Waals surface area (Å²) in [4.78, 5) is 0. The van der Waals surface area contributed by atoms with Crippen molar-refractivity contribution in [1.82, 2.24) is 0 Å². The van der Waals surface area contributed by atoms with Crippen LogP contribution in [-0.2, 0) is 11.2 Å². The van der Waals surface area contributed by atoms with Crippen LogP contribution < -0.4 is 9.47 Å². The second-order valence-corrected chi connectivity index (χ2v) is 4.39. The summed E-state index contributed by atoms with van der Waals surface area (Å²) in [7, 11) is 0. The quantitative estimate of drug-likeness (QED) is 0.731. The highest BCUT2D eigenvalue weighted by molar-refractivity contribution is 5.47. The highest BCUT2D eigenvalue weighted by atomic mass is 16.6. The number of ether oxygens (including phenoxy) is 3. The van der Waals surface area contributed by atoms with Crippen molar-refractivity contribution in [2.45, 2.75) is 32.0 Å². The highest BCUT2D eigenvalue weighted by Crippen LogP contribution is 2.35. The minimum atomic E-state index is 0.263. The van der Waals surface area contributed by atoms with Crippen LogP contribution in [0, 0.1) is 0 Å². The van der Waals surface area contributed by atoms with E-state index >= 15 is 0 Å². The Balaban J connectivity index is 1.73. The number of rotatable bonds is 3. The van der Waals surface area contributed by atoms with Crippen molar-refractivity contribution in [3.05, 3.63) is 23.8 Å². The van der Waals surface area contributed by atoms with E-state index in [1.807, 2.05) is 12.1 Å². The molecule has 0 aliphatic carbocycles. The first-order chi connectivity index (χ1) is 7.84. The molecule has 2 heterocycles. The van der Waals surface area contributed by atoms with Gasteiger partial charge in [0.25, 0.3) is 0 Å². The summed E-state index contributed by atoms with van der Waals surface area (Å²) in [5.41, 5.74) is 1.26. The Kier molecular flexibility index (Phi) is 2.48. The minimum Gasteiger partial charge on any atom is -0.489 e. The molecule has 3 heteroatoms. The molecule has 0 aromatic heterocycles. The summed E-state index contributed by atoms with van der Waals surface area (Å²) in [5.74, 6) is 1.79. The molecule has 3 nitrogen and oxygen atoms in total. The first-order valence-electron chi connectivity index (χ1n) is 5.87. The zero-order chi connectivity index (χ0) is 11.0. The van der Waals surface area contributed by atoms with Gasteiger partial charge in [0.15, 0.2) is 11.5 Å². The fourth-order valence-electron chi connectivity index (χ4n) is 2.05. The van der Waals surface area contributed by atoms with E-state index in [0.717, 1.165) is 30.9 Å². The van der Waals surface area contributed by atoms with E-state index in [9.17, 15) is 0 Å². The fraction of sp³-hybridized carbons (Fsp3) is 0.538. The summed E-state index contributed by atoms with van der Waals surface area (Å²) in [6, 6.07) is 6.11. The molecule has 16 heavy (non-hydrogen) atoms. The van der Waals surface area contributed by atoms with E-state index < -0.39 is 0 Å². The first-order valence-corrected chi connectivity index (χ1v) is 5.87. The standard InChI is InChI=1S/C13H16O3/c1-9-12(16-9)8-15-11-6-2-4-10-5-3-7-14-13(10)11/h2,4,6,9,12H,3,5,7-8H2,1H3. The number of aryl methyl sites for hydroxylation is 1. The smallest absolute Gasteiger partial charge is 0.164 e. The molecule has 3 rings (SSSR count). The maximum atomic E-state index is 5.75. The topological polar surface area (TPSA) is 31.0 Å². The van der Waals surface area contributed by atoms with Crippen molar-refractivity contribution >= 4 is 0 Å². The van der Waals surface area contributed by atoms with Gasteiger partial charge in [0.1, 0.15) is 12.7 Å². The van der Waals surface area contributed by atoms with Crippen molar-refractivity contribution < 1.29 is 14.2 Å². The Hall–Kier alpha value is -1.22. The monoisotopic (exact) mass is 220 g/mol. The third-order valence-corrected chi connectivity index (χ3v) is 3.14. The molecule has 0 amide bonds. The van der Waals surface area contributed by atoms with Gasteiger partial charge in [-0.05, 0) is 31.4 Å². The maximum Gasteiger partial charge on any atom is 0.164 e. The van der Waals surface area contributed by atoms with Gasteiger partial charge >= 0.3 is 0 Å². The van der Waals surface area contributed by atoms with E-state index in [1.54, 1.807) is 0 Å². The Morgan fingerprint density at radius 1 is 1.44 bits per heavy atom. The second-order valence-electron chi connectivity index (χ2n) is 4.39. The fourth-order valence-corrected chi connectivity index (χ4v) is 2.05. The van der Waals surface area contributed by atoms with E-state index in [0.29, 0.717) is 12.7 Å². The van der Waals surface area contributed by atoms with Gasteiger partial charge < -0.3 is 14.2 Å². The van der Waals surface area contributed by atoms with Crippen LogP contribution >= 0.6 is 0 Å². The van der Waals surface area contributed by atoms with E-state index in [1.165, 1.54) is 5.56 Å². The Labute approximate surface area is 95.3 Å². The normalized spacial score (nSPS) is 26.8. The molecule has 0 bridgehead atoms. The van der Waals surface area contributed by atoms with Crippen molar-refractivity contribution in [1.29, 1.82) is 0 Å². The lowest BCUT2D eigenvalue weighted by Gasteiger charge is -2.20. The van der Waals surface area contributed by atoms with E-state index in [4.69, 9.17) is 14.2 Å². The summed E-state index contributed by atoms with van der Waals surface area (Å²) in [6.45, 7) is 3.48. The molecule has 0 spiro atoms. The zero-order valence-electron chi connectivity index (χ0n) is 9.44. The zero-order valence-corrected chi connectivity index (χ0v) is 9.44. The largest absolute Gasteiger partial charge is 0.489 e. The van der Waals surface area contributed by atoms with Gasteiger partial charge in [-0.3, -0.25) is 0 Å². The lowest BCUT2D eigenvalue weighted by molar-refractivity contribution is 0.231. The number of para-hydroxylation sites is 1. The molecule has 0 N–H and O–H groups in total. The molecule has 1 aromatic rings. The van der Waals surface area contributed by atoms with Gasteiger partial charge in [-0.2, -0.15) is 0 Å². The molecule has 86 valence electrons. The van der Waals surface area contributed by atoms with Gasteiger partial charge in [-0.15, -0.1) is 0 Å². The molecule has 2 atom stereocenters. The summed E-state index contributed by atoms with van der Waals surface area (Å²) in [5, 5.41) is 0. The third kappa shape index (κ3) is 1.87. The van der Waals surface area contributed by atoms with Crippen molar-refractivity contribution in [2.24, 2.45) is 0 Å². The van der Waals surface area contributed by atoms with Crippen LogP contribution in [-0.4, -0.2) is 25.4 Å². The van der Waals surface area contributed by atoms with E-state index in [-0.39, 0.29) is 6.10 Å². The summed E-state index contributed by atoms with van der Waals surface area (Å²) >= 11 is 0. The van der Waals surface area contributed by atoms with Crippen LogP contribution in [0.15, 0.2) is 18.2 Å². The second kappa shape index (κ2) is 3.98. The van der Waals surface area contributed by atoms with E-state index in [2.05, 4.69) is 13.0 Å². The highest BCUT2D eigenvalue weighted by Gasteiger charge is 2.35. The van der Waals surface area contributed by atoms with Gasteiger partial charge in [0, 0.05) is 0 Å². The van der Waals surface area contributed by atoms with Crippen molar-refractivity contribution in [2.75, 3.05) is 13.2 Å². The Morgan fingerprint density at radius 3 is 3.12 bits per heavy atom. The van der Waals surface area contributed by atoms with Crippen LogP contribution in [0.1, 0.15) is 18.9 Å². The van der Waals surface area contributed by atoms with Crippen molar-refractivity contribution in [3.8, 4) is 11.5 Å². The third-order valence-electron chi connectivity index (χ3n) is 3.14. The molecule has 2 aliphatic rings. The molecule has 2 unspecified atom stereocenters. The van der Waals surface area contributed by atoms with Gasteiger partial charge in [0.2, 0.25) is 0 Å². The van der Waals surface area contributed by atoms with Crippen LogP contribution in [0.2, 0.25) is 0 Å². The number of epoxide rings is 1. The lowest BCUT2D eigenvalue weighted by Crippen LogP contribution is -2.12. The van der Waals surface area contributed by atoms with Gasteiger partial charge in [0.05, 0.1) is 12.7 Å². The predicted molar refractivity (Wildman–Crippen MR) is 60.1 cm³/mol.